The first-order valence-corrected chi connectivity index (χ1v) is 4.63. The Bertz CT molecular complexity index is 369. The minimum absolute atomic E-state index is 0.0715. The molecule has 0 radical (unpaired) electrons. The van der Waals surface area contributed by atoms with Crippen LogP contribution >= 0.6 is 0 Å². The molecule has 0 bridgehead atoms. The zero-order valence-electron chi connectivity index (χ0n) is 8.55. The van der Waals surface area contributed by atoms with Gasteiger partial charge in [-0.15, -0.1) is 0 Å². The molecule has 0 aliphatic heterocycles. The van der Waals surface area contributed by atoms with Crippen LogP contribution in [0.1, 0.15) is 12.8 Å². The fourth-order valence-corrected chi connectivity index (χ4v) is 1.11. The van der Waals surface area contributed by atoms with Gasteiger partial charge in [0.25, 0.3) is 0 Å². The molecule has 0 fully saturated rings. The smallest absolute Gasteiger partial charge is 0.430 e. The maximum atomic E-state index is 11.0. The van der Waals surface area contributed by atoms with Crippen molar-refractivity contribution >= 4 is 6.16 Å². The molecule has 1 rings (SSSR count). The molecule has 0 atom stereocenters. The molecule has 6 heteroatoms. The maximum absolute atomic E-state index is 11.0. The third kappa shape index (κ3) is 3.56. The van der Waals surface area contributed by atoms with Crippen molar-refractivity contribution in [1.82, 2.24) is 0 Å². The maximum Gasteiger partial charge on any atom is 0.513 e. The monoisotopic (exact) mass is 225 g/mol. The predicted molar refractivity (Wildman–Crippen MR) is 55.0 cm³/mol. The molecular weight excluding hydrogens is 214 g/mol. The Kier molecular flexibility index (Phi) is 4.26. The molecule has 0 amide bonds. The third-order valence-electron chi connectivity index (χ3n) is 1.86. The van der Waals surface area contributed by atoms with Gasteiger partial charge in [0.05, 0.1) is 4.92 Å². The van der Waals surface area contributed by atoms with Crippen LogP contribution in [0.2, 0.25) is 0 Å². The van der Waals surface area contributed by atoms with E-state index in [4.69, 9.17) is 4.74 Å². The van der Waals surface area contributed by atoms with E-state index in [0.29, 0.717) is 12.2 Å². The summed E-state index contributed by atoms with van der Waals surface area (Å²) in [6.07, 6.45) is 3.87. The SMILES string of the molecule is C=CCOC(=O)OC1=CC=C([N+](=O)[O-])CC1. The predicted octanol–water partition coefficient (Wildman–Crippen LogP) is 2.16. The molecule has 16 heavy (non-hydrogen) atoms. The Morgan fingerprint density at radius 3 is 2.81 bits per heavy atom. The summed E-state index contributed by atoms with van der Waals surface area (Å²) in [6, 6.07) is 0. The average molecular weight is 225 g/mol. The van der Waals surface area contributed by atoms with Gasteiger partial charge in [-0.3, -0.25) is 10.1 Å². The lowest BCUT2D eigenvalue weighted by Crippen LogP contribution is -2.10. The molecular formula is C10H11NO5. The van der Waals surface area contributed by atoms with Gasteiger partial charge in [-0.1, -0.05) is 12.7 Å². The Labute approximate surface area is 92.0 Å². The number of hydrogen-bond donors (Lipinski definition) is 0. The van der Waals surface area contributed by atoms with Gasteiger partial charge in [0, 0.05) is 18.9 Å². The highest BCUT2D eigenvalue weighted by atomic mass is 16.7. The van der Waals surface area contributed by atoms with E-state index in [2.05, 4.69) is 11.3 Å². The molecule has 1 aliphatic carbocycles. The van der Waals surface area contributed by atoms with Gasteiger partial charge in [0.2, 0.25) is 5.70 Å². The highest BCUT2D eigenvalue weighted by Crippen LogP contribution is 2.19. The van der Waals surface area contributed by atoms with Crippen LogP contribution in [0.25, 0.3) is 0 Å². The first-order chi connectivity index (χ1) is 7.63. The number of nitrogens with zero attached hydrogens (tertiary/aromatic N) is 1. The summed E-state index contributed by atoms with van der Waals surface area (Å²) in [4.78, 5) is 20.9. The van der Waals surface area contributed by atoms with Gasteiger partial charge in [0.1, 0.15) is 12.4 Å². The average Bonchev–Trinajstić information content (AvgIpc) is 2.27. The molecule has 0 saturated heterocycles. The molecule has 0 spiro atoms. The van der Waals surface area contributed by atoms with E-state index in [-0.39, 0.29) is 18.7 Å². The van der Waals surface area contributed by atoms with Crippen LogP contribution in [0.4, 0.5) is 4.79 Å². The summed E-state index contributed by atoms with van der Waals surface area (Å²) in [5.74, 6) is 0.361. The topological polar surface area (TPSA) is 78.7 Å². The van der Waals surface area contributed by atoms with Crippen LogP contribution < -0.4 is 0 Å². The summed E-state index contributed by atoms with van der Waals surface area (Å²) in [5.41, 5.74) is 0.104. The number of allylic oxidation sites excluding steroid dienone is 4. The number of hydrogen-bond acceptors (Lipinski definition) is 5. The highest BCUT2D eigenvalue weighted by Gasteiger charge is 2.17. The lowest BCUT2D eigenvalue weighted by Gasteiger charge is -2.09. The standard InChI is InChI=1S/C10H11NO5/c1-2-7-15-10(12)16-9-5-3-8(4-6-9)11(13)14/h2-3,5H,1,4,6-7H2. The fraction of sp³-hybridized carbons (Fsp3) is 0.300. The Hall–Kier alpha value is -2.11. The van der Waals surface area contributed by atoms with Crippen LogP contribution in [0.3, 0.4) is 0 Å². The summed E-state index contributed by atoms with van der Waals surface area (Å²) >= 11 is 0. The summed E-state index contributed by atoms with van der Waals surface area (Å²) < 4.78 is 9.40. The van der Waals surface area contributed by atoms with Crippen LogP contribution in [-0.4, -0.2) is 17.7 Å². The molecule has 0 heterocycles. The van der Waals surface area contributed by atoms with Crippen molar-refractivity contribution in [2.45, 2.75) is 12.8 Å². The van der Waals surface area contributed by atoms with Crippen molar-refractivity contribution in [3.05, 3.63) is 46.4 Å². The first kappa shape index (κ1) is 12.0. The minimum Gasteiger partial charge on any atom is -0.430 e. The zero-order chi connectivity index (χ0) is 12.0. The van der Waals surface area contributed by atoms with Crippen molar-refractivity contribution in [1.29, 1.82) is 0 Å². The lowest BCUT2D eigenvalue weighted by molar-refractivity contribution is -0.428. The van der Waals surface area contributed by atoms with Crippen molar-refractivity contribution in [2.24, 2.45) is 0 Å². The number of nitro groups is 1. The van der Waals surface area contributed by atoms with Crippen molar-refractivity contribution in [3.63, 3.8) is 0 Å². The normalized spacial score (nSPS) is 14.5. The third-order valence-corrected chi connectivity index (χ3v) is 1.86. The van der Waals surface area contributed by atoms with Crippen LogP contribution in [0.15, 0.2) is 36.3 Å². The van der Waals surface area contributed by atoms with Crippen LogP contribution in [0.5, 0.6) is 0 Å². The molecule has 0 N–H and O–H groups in total. The van der Waals surface area contributed by atoms with Crippen molar-refractivity contribution in [2.75, 3.05) is 6.61 Å². The van der Waals surface area contributed by atoms with E-state index < -0.39 is 11.1 Å². The second-order valence-electron chi connectivity index (χ2n) is 3.00. The molecule has 86 valence electrons. The van der Waals surface area contributed by atoms with Gasteiger partial charge in [-0.2, -0.15) is 0 Å². The van der Waals surface area contributed by atoms with E-state index in [1.54, 1.807) is 0 Å². The Morgan fingerprint density at radius 1 is 1.56 bits per heavy atom. The largest absolute Gasteiger partial charge is 0.513 e. The molecule has 0 saturated carbocycles. The van der Waals surface area contributed by atoms with Crippen LogP contribution in [-0.2, 0) is 9.47 Å². The summed E-state index contributed by atoms with van der Waals surface area (Å²) in [7, 11) is 0. The fourth-order valence-electron chi connectivity index (χ4n) is 1.11. The molecule has 0 unspecified atom stereocenters. The second-order valence-corrected chi connectivity index (χ2v) is 3.00. The molecule has 0 aromatic rings. The summed E-state index contributed by atoms with van der Waals surface area (Å²) in [5, 5.41) is 10.4. The minimum atomic E-state index is -0.830. The Balaban J connectivity index is 2.48. The van der Waals surface area contributed by atoms with E-state index in [0.717, 1.165) is 0 Å². The van der Waals surface area contributed by atoms with Crippen LogP contribution in [0, 0.1) is 10.1 Å². The zero-order valence-corrected chi connectivity index (χ0v) is 8.55. The summed E-state index contributed by atoms with van der Waals surface area (Å²) in [6.45, 7) is 3.45. The molecule has 1 aliphatic rings. The van der Waals surface area contributed by atoms with Gasteiger partial charge in [0.15, 0.2) is 0 Å². The van der Waals surface area contributed by atoms with E-state index in [1.807, 2.05) is 0 Å². The molecule has 0 aromatic heterocycles. The van der Waals surface area contributed by atoms with Gasteiger partial charge < -0.3 is 9.47 Å². The quantitative estimate of drug-likeness (QED) is 0.317. The number of ether oxygens (including phenoxy) is 2. The lowest BCUT2D eigenvalue weighted by atomic mass is 10.1. The molecule has 6 nitrogen and oxygen atoms in total. The van der Waals surface area contributed by atoms with E-state index in [9.17, 15) is 14.9 Å². The number of carbonyl (C=O) groups excluding carboxylic acids is 1. The Morgan fingerprint density at radius 2 is 2.31 bits per heavy atom. The second kappa shape index (κ2) is 5.69. The molecule has 0 aromatic carbocycles. The van der Waals surface area contributed by atoms with Crippen molar-refractivity contribution in [3.8, 4) is 0 Å². The van der Waals surface area contributed by atoms with E-state index >= 15 is 0 Å². The van der Waals surface area contributed by atoms with Crippen molar-refractivity contribution < 1.29 is 19.2 Å². The number of carbonyl (C=O) groups is 1. The highest BCUT2D eigenvalue weighted by molar-refractivity contribution is 5.61. The van der Waals surface area contributed by atoms with Gasteiger partial charge in [-0.05, 0) is 6.08 Å². The van der Waals surface area contributed by atoms with Gasteiger partial charge in [-0.25, -0.2) is 4.79 Å². The van der Waals surface area contributed by atoms with Gasteiger partial charge >= 0.3 is 6.16 Å². The number of rotatable bonds is 4. The van der Waals surface area contributed by atoms with E-state index in [1.165, 1.54) is 18.2 Å². The first-order valence-electron chi connectivity index (χ1n) is 4.63.